The maximum Gasteiger partial charge on any atom is 2.00 e. The molecule has 2 aromatic carbocycles. The quantitative estimate of drug-likeness (QED) is 0.555. The van der Waals surface area contributed by atoms with E-state index in [0.29, 0.717) is 11.5 Å². The van der Waals surface area contributed by atoms with Gasteiger partial charge in [-0.05, 0) is 88.8 Å². The third-order valence-corrected chi connectivity index (χ3v) is 5.45. The minimum Gasteiger partial charge on any atom is -0.550 e. The Balaban J connectivity index is 0.00000127. The predicted molar refractivity (Wildman–Crippen MR) is 138 cm³/mol. The molecule has 1 aliphatic rings. The Kier molecular flexibility index (Phi) is 15.1. The fraction of sp³-hybridized carbons (Fsp3) is 0.429. The second-order valence-corrected chi connectivity index (χ2v) is 9.00. The zero-order chi connectivity index (χ0) is 27.4. The molecular formula is C28H36CoN2O6. The topological polar surface area (TPSA) is 145 Å². The van der Waals surface area contributed by atoms with Crippen molar-refractivity contribution in [1.82, 2.24) is 0 Å². The Morgan fingerprint density at radius 1 is 0.757 bits per heavy atom. The Labute approximate surface area is 229 Å². The van der Waals surface area contributed by atoms with Gasteiger partial charge in [0.25, 0.3) is 0 Å². The van der Waals surface area contributed by atoms with E-state index >= 15 is 0 Å². The van der Waals surface area contributed by atoms with Gasteiger partial charge in [-0.25, -0.2) is 0 Å². The number of rotatable bonds is 4. The molecule has 203 valence electrons. The number of aromatic hydroxyl groups is 2. The number of carbonyl (C=O) groups is 2. The molecule has 9 heteroatoms. The molecule has 8 nitrogen and oxygen atoms in total. The summed E-state index contributed by atoms with van der Waals surface area (Å²) in [4.78, 5) is 27.4. The molecule has 0 aromatic heterocycles. The SMILES string of the molecule is CC(=O)[O-].CC(=O)[O-].Cc1cc(C)c(O)c(C=NC2CCCCC2N=Cc2cc(C)cc(C)c2O)c1.[Co+2]. The molecule has 2 atom stereocenters. The summed E-state index contributed by atoms with van der Waals surface area (Å²) in [7, 11) is 0. The van der Waals surface area contributed by atoms with Crippen LogP contribution in [0.1, 0.15) is 72.9 Å². The van der Waals surface area contributed by atoms with Crippen LogP contribution in [0.2, 0.25) is 0 Å². The number of phenolic OH excluding ortho intramolecular Hbond substituents is 2. The van der Waals surface area contributed by atoms with Gasteiger partial charge in [-0.3, -0.25) is 9.98 Å². The van der Waals surface area contributed by atoms with Gasteiger partial charge in [-0.15, -0.1) is 0 Å². The summed E-state index contributed by atoms with van der Waals surface area (Å²) in [5.41, 5.74) is 5.48. The third-order valence-electron chi connectivity index (χ3n) is 5.45. The number of carboxylic acid groups (broad SMARTS) is 2. The summed E-state index contributed by atoms with van der Waals surface area (Å²) in [6, 6.07) is 8.05. The van der Waals surface area contributed by atoms with Gasteiger partial charge >= 0.3 is 16.8 Å². The molecule has 2 aromatic rings. The van der Waals surface area contributed by atoms with Crippen molar-refractivity contribution in [1.29, 1.82) is 0 Å². The minimum absolute atomic E-state index is 0. The van der Waals surface area contributed by atoms with E-state index in [1.807, 2.05) is 52.0 Å². The number of carbonyl (C=O) groups excluding carboxylic acids is 2. The molecule has 2 N–H and O–H groups in total. The van der Waals surface area contributed by atoms with E-state index in [4.69, 9.17) is 29.8 Å². The van der Waals surface area contributed by atoms with E-state index in [9.17, 15) is 10.2 Å². The average molecular weight is 556 g/mol. The molecular weight excluding hydrogens is 519 g/mol. The van der Waals surface area contributed by atoms with Crippen molar-refractivity contribution in [3.05, 3.63) is 57.6 Å². The van der Waals surface area contributed by atoms with E-state index in [1.54, 1.807) is 12.4 Å². The number of aliphatic imine (C=N–C) groups is 2. The average Bonchev–Trinajstić information content (AvgIpc) is 2.76. The first-order valence-corrected chi connectivity index (χ1v) is 11.8. The first-order valence-electron chi connectivity index (χ1n) is 11.8. The van der Waals surface area contributed by atoms with Crippen molar-refractivity contribution in [2.24, 2.45) is 9.98 Å². The molecule has 0 aliphatic heterocycles. The summed E-state index contributed by atoms with van der Waals surface area (Å²) in [5.74, 6) is -1.57. The van der Waals surface area contributed by atoms with Gasteiger partial charge < -0.3 is 30.0 Å². The molecule has 0 bridgehead atoms. The van der Waals surface area contributed by atoms with Crippen LogP contribution in [0.4, 0.5) is 0 Å². The standard InChI is InChI=1S/C24H30N2O2.2C2H4O2.Co/c1-15-9-17(3)23(27)19(11-15)13-25-21-7-5-6-8-22(21)26-14-20-12-16(2)10-18(4)24(20)28;2*1-2(3)4;/h9-14,21-22,27-28H,5-8H2,1-4H3;2*1H3,(H,3,4);/q;;;+2/p-2. The molecule has 2 unspecified atom stereocenters. The molecule has 1 saturated carbocycles. The molecule has 1 fully saturated rings. The fourth-order valence-corrected chi connectivity index (χ4v) is 3.97. The Bertz CT molecular complexity index is 1020. The molecule has 37 heavy (non-hydrogen) atoms. The molecule has 0 heterocycles. The molecule has 3 rings (SSSR count). The van der Waals surface area contributed by atoms with Crippen LogP contribution in [-0.2, 0) is 26.4 Å². The number of aryl methyl sites for hydroxylation is 4. The maximum atomic E-state index is 10.3. The minimum atomic E-state index is -1.08. The smallest absolute Gasteiger partial charge is 0.550 e. The van der Waals surface area contributed by atoms with E-state index < -0.39 is 11.9 Å². The van der Waals surface area contributed by atoms with Crippen LogP contribution in [0, 0.1) is 27.7 Å². The van der Waals surface area contributed by atoms with Crippen LogP contribution in [0.5, 0.6) is 11.5 Å². The van der Waals surface area contributed by atoms with Crippen LogP contribution < -0.4 is 10.2 Å². The van der Waals surface area contributed by atoms with Crippen LogP contribution >= 0.6 is 0 Å². The summed E-state index contributed by atoms with van der Waals surface area (Å²) < 4.78 is 0. The number of hydrogen-bond donors (Lipinski definition) is 2. The fourth-order valence-electron chi connectivity index (χ4n) is 3.97. The van der Waals surface area contributed by atoms with Crippen LogP contribution in [0.15, 0.2) is 34.3 Å². The number of nitrogens with zero attached hydrogens (tertiary/aromatic N) is 2. The monoisotopic (exact) mass is 555 g/mol. The van der Waals surface area contributed by atoms with Gasteiger partial charge in [0.15, 0.2) is 0 Å². The van der Waals surface area contributed by atoms with Gasteiger partial charge in [-0.1, -0.05) is 25.0 Å². The van der Waals surface area contributed by atoms with Gasteiger partial charge in [0.2, 0.25) is 0 Å². The third kappa shape index (κ3) is 12.6. The largest absolute Gasteiger partial charge is 2.00 e. The maximum absolute atomic E-state index is 10.3. The predicted octanol–water partition coefficient (Wildman–Crippen LogP) is 2.69. The zero-order valence-electron chi connectivity index (χ0n) is 22.2. The number of carboxylic acids is 2. The molecule has 1 aliphatic carbocycles. The van der Waals surface area contributed by atoms with Gasteiger partial charge in [0, 0.05) is 35.5 Å². The first kappa shape index (κ1) is 33.8. The van der Waals surface area contributed by atoms with E-state index in [0.717, 1.165) is 72.9 Å². The number of aliphatic carboxylic acids is 2. The van der Waals surface area contributed by atoms with Gasteiger partial charge in [0.05, 0.1) is 12.1 Å². The van der Waals surface area contributed by atoms with Crippen molar-refractivity contribution in [3.63, 3.8) is 0 Å². The van der Waals surface area contributed by atoms with Crippen molar-refractivity contribution in [3.8, 4) is 11.5 Å². The van der Waals surface area contributed by atoms with Crippen LogP contribution in [0.25, 0.3) is 0 Å². The van der Waals surface area contributed by atoms with Crippen LogP contribution in [-0.4, -0.2) is 46.7 Å². The molecule has 0 spiro atoms. The Morgan fingerprint density at radius 2 is 1.05 bits per heavy atom. The second-order valence-electron chi connectivity index (χ2n) is 9.00. The first-order chi connectivity index (χ1) is 16.8. The van der Waals surface area contributed by atoms with E-state index in [2.05, 4.69) is 0 Å². The zero-order valence-corrected chi connectivity index (χ0v) is 23.2. The summed E-state index contributed by atoms with van der Waals surface area (Å²) >= 11 is 0. The summed E-state index contributed by atoms with van der Waals surface area (Å²) in [6.45, 7) is 9.80. The molecule has 1 radical (unpaired) electrons. The normalized spacial score (nSPS) is 16.7. The van der Waals surface area contributed by atoms with Gasteiger partial charge in [0.1, 0.15) is 11.5 Å². The van der Waals surface area contributed by atoms with Crippen molar-refractivity contribution in [2.45, 2.75) is 79.3 Å². The van der Waals surface area contributed by atoms with Crippen LogP contribution in [0.3, 0.4) is 0 Å². The van der Waals surface area contributed by atoms with E-state index in [1.165, 1.54) is 0 Å². The number of hydrogen-bond acceptors (Lipinski definition) is 8. The van der Waals surface area contributed by atoms with Crippen molar-refractivity contribution in [2.75, 3.05) is 0 Å². The van der Waals surface area contributed by atoms with Crippen molar-refractivity contribution >= 4 is 24.4 Å². The molecule has 0 saturated heterocycles. The van der Waals surface area contributed by atoms with E-state index in [-0.39, 0.29) is 28.9 Å². The Hall–Kier alpha value is -3.17. The number of phenols is 2. The summed E-state index contributed by atoms with van der Waals surface area (Å²) in [5, 5.41) is 38.4. The molecule has 0 amide bonds. The number of benzene rings is 2. The van der Waals surface area contributed by atoms with Gasteiger partial charge in [-0.2, -0.15) is 0 Å². The second kappa shape index (κ2) is 16.5. The summed E-state index contributed by atoms with van der Waals surface area (Å²) in [6.07, 6.45) is 7.85. The van der Waals surface area contributed by atoms with Crippen molar-refractivity contribution < 1.29 is 46.8 Å². The Morgan fingerprint density at radius 3 is 1.35 bits per heavy atom.